The molecule has 0 bridgehead atoms. The van der Waals surface area contributed by atoms with Crippen LogP contribution >= 0.6 is 0 Å². The van der Waals surface area contributed by atoms with Gasteiger partial charge in [0.15, 0.2) is 0 Å². The summed E-state index contributed by atoms with van der Waals surface area (Å²) in [6.45, 7) is 6.71. The molecule has 2 aromatic rings. The molecule has 2 amide bonds. The lowest BCUT2D eigenvalue weighted by Crippen LogP contribution is -2.37. The molecule has 158 valence electrons. The summed E-state index contributed by atoms with van der Waals surface area (Å²) in [5.41, 5.74) is 4.11. The van der Waals surface area contributed by atoms with E-state index in [0.29, 0.717) is 23.8 Å². The molecule has 0 radical (unpaired) electrons. The van der Waals surface area contributed by atoms with Gasteiger partial charge in [-0.15, -0.1) is 0 Å². The van der Waals surface area contributed by atoms with E-state index in [0.717, 1.165) is 36.3 Å². The van der Waals surface area contributed by atoms with Crippen LogP contribution < -0.4 is 16.0 Å². The first-order valence-corrected chi connectivity index (χ1v) is 10.1. The fourth-order valence-corrected chi connectivity index (χ4v) is 3.23. The molecule has 2 aromatic carbocycles. The van der Waals surface area contributed by atoms with E-state index in [2.05, 4.69) is 20.9 Å². The van der Waals surface area contributed by atoms with Gasteiger partial charge in [-0.25, -0.2) is 4.99 Å². The Hall–Kier alpha value is -3.19. The smallest absolute Gasteiger partial charge is 0.258 e. The molecule has 0 saturated carbocycles. The van der Waals surface area contributed by atoms with Gasteiger partial charge in [-0.1, -0.05) is 18.2 Å². The van der Waals surface area contributed by atoms with Crippen LogP contribution in [-0.2, 0) is 9.53 Å². The van der Waals surface area contributed by atoms with Crippen LogP contribution in [0.4, 0.5) is 11.4 Å². The number of ether oxygens (including phenoxy) is 1. The third kappa shape index (κ3) is 5.90. The Labute approximate surface area is 176 Å². The van der Waals surface area contributed by atoms with Crippen LogP contribution in [0.15, 0.2) is 47.5 Å². The van der Waals surface area contributed by atoms with Gasteiger partial charge in [0.1, 0.15) is 0 Å². The van der Waals surface area contributed by atoms with Gasteiger partial charge in [-0.3, -0.25) is 14.9 Å². The van der Waals surface area contributed by atoms with Gasteiger partial charge in [-0.05, 0) is 62.1 Å². The number of guanidine groups is 1. The minimum Gasteiger partial charge on any atom is -0.376 e. The number of benzene rings is 2. The van der Waals surface area contributed by atoms with Gasteiger partial charge >= 0.3 is 0 Å². The zero-order chi connectivity index (χ0) is 21.5. The lowest BCUT2D eigenvalue weighted by atomic mass is 10.1. The highest BCUT2D eigenvalue weighted by molar-refractivity contribution is 6.10. The number of nitrogens with one attached hydrogen (secondary N) is 3. The van der Waals surface area contributed by atoms with Crippen LogP contribution in [-0.4, -0.2) is 37.0 Å². The normalized spacial score (nSPS) is 16.2. The second-order valence-corrected chi connectivity index (χ2v) is 7.41. The summed E-state index contributed by atoms with van der Waals surface area (Å²) in [5.74, 6) is -0.136. The van der Waals surface area contributed by atoms with Crippen molar-refractivity contribution < 1.29 is 14.3 Å². The molecular weight excluding hydrogens is 380 g/mol. The van der Waals surface area contributed by atoms with Crippen molar-refractivity contribution >= 4 is 29.1 Å². The summed E-state index contributed by atoms with van der Waals surface area (Å²) < 4.78 is 5.65. The Morgan fingerprint density at radius 3 is 2.67 bits per heavy atom. The molecule has 3 N–H and O–H groups in total. The van der Waals surface area contributed by atoms with Gasteiger partial charge in [-0.2, -0.15) is 0 Å². The highest BCUT2D eigenvalue weighted by Gasteiger charge is 2.17. The van der Waals surface area contributed by atoms with E-state index in [1.807, 2.05) is 32.0 Å². The molecule has 1 atom stereocenters. The van der Waals surface area contributed by atoms with Crippen LogP contribution in [0.1, 0.15) is 41.3 Å². The third-order valence-corrected chi connectivity index (χ3v) is 5.01. The Morgan fingerprint density at radius 2 is 1.93 bits per heavy atom. The Balaban J connectivity index is 1.79. The minimum absolute atomic E-state index is 0.0698. The molecule has 7 nitrogen and oxygen atoms in total. The Kier molecular flexibility index (Phi) is 7.19. The van der Waals surface area contributed by atoms with Crippen LogP contribution in [0.2, 0.25) is 0 Å². The standard InChI is InChI=1S/C23H28N4O3/c1-15-7-4-11-21(16(15)2)26-23(24-14-20-10-6-12-30-20)27-22(29)18-8-5-9-19(13-18)25-17(3)28/h4-5,7-9,11,13,20H,6,10,12,14H2,1-3H3,(H,25,28)(H2,24,26,27,29). The largest absolute Gasteiger partial charge is 0.376 e. The fourth-order valence-electron chi connectivity index (χ4n) is 3.23. The molecule has 1 aliphatic heterocycles. The number of amides is 2. The highest BCUT2D eigenvalue weighted by atomic mass is 16.5. The van der Waals surface area contributed by atoms with E-state index >= 15 is 0 Å². The Bertz CT molecular complexity index is 949. The van der Waals surface area contributed by atoms with Crippen LogP contribution in [0.5, 0.6) is 0 Å². The number of carbonyl (C=O) groups is 2. The van der Waals surface area contributed by atoms with Gasteiger partial charge in [0.25, 0.3) is 5.91 Å². The number of nitrogens with zero attached hydrogens (tertiary/aromatic N) is 1. The average Bonchev–Trinajstić information content (AvgIpc) is 3.23. The third-order valence-electron chi connectivity index (χ3n) is 5.01. The number of aryl methyl sites for hydroxylation is 1. The number of hydrogen-bond donors (Lipinski definition) is 3. The number of anilines is 2. The summed E-state index contributed by atoms with van der Waals surface area (Å²) in [5, 5.41) is 8.80. The zero-order valence-corrected chi connectivity index (χ0v) is 17.6. The molecule has 1 unspecified atom stereocenters. The maximum Gasteiger partial charge on any atom is 0.258 e. The van der Waals surface area contributed by atoms with Crippen molar-refractivity contribution in [2.45, 2.75) is 39.7 Å². The van der Waals surface area contributed by atoms with Crippen molar-refractivity contribution in [2.24, 2.45) is 4.99 Å². The average molecular weight is 409 g/mol. The predicted molar refractivity (Wildman–Crippen MR) is 119 cm³/mol. The van der Waals surface area contributed by atoms with Crippen LogP contribution in [0, 0.1) is 13.8 Å². The predicted octanol–water partition coefficient (Wildman–Crippen LogP) is 3.64. The molecule has 30 heavy (non-hydrogen) atoms. The van der Waals surface area contributed by atoms with Crippen LogP contribution in [0.25, 0.3) is 0 Å². The van der Waals surface area contributed by atoms with Crippen molar-refractivity contribution in [1.82, 2.24) is 5.32 Å². The van der Waals surface area contributed by atoms with E-state index < -0.39 is 0 Å². The van der Waals surface area contributed by atoms with E-state index in [1.54, 1.807) is 24.3 Å². The number of rotatable bonds is 5. The minimum atomic E-state index is -0.314. The molecule has 1 heterocycles. The van der Waals surface area contributed by atoms with Gasteiger partial charge in [0.2, 0.25) is 11.9 Å². The molecule has 1 fully saturated rings. The van der Waals surface area contributed by atoms with Crippen molar-refractivity contribution in [3.8, 4) is 0 Å². The first kappa shape index (κ1) is 21.5. The van der Waals surface area contributed by atoms with Crippen molar-refractivity contribution in [2.75, 3.05) is 23.8 Å². The maximum atomic E-state index is 12.9. The van der Waals surface area contributed by atoms with Crippen molar-refractivity contribution in [3.05, 3.63) is 59.2 Å². The first-order chi connectivity index (χ1) is 14.4. The second-order valence-electron chi connectivity index (χ2n) is 7.41. The molecule has 0 spiro atoms. The summed E-state index contributed by atoms with van der Waals surface area (Å²) in [6, 6.07) is 12.7. The van der Waals surface area contributed by atoms with E-state index in [4.69, 9.17) is 4.74 Å². The molecule has 1 aliphatic rings. The van der Waals surface area contributed by atoms with Crippen molar-refractivity contribution in [1.29, 1.82) is 0 Å². The van der Waals surface area contributed by atoms with E-state index in [1.165, 1.54) is 6.92 Å². The molecule has 0 aromatic heterocycles. The fraction of sp³-hybridized carbons (Fsp3) is 0.348. The summed E-state index contributed by atoms with van der Waals surface area (Å²) >= 11 is 0. The molecule has 3 rings (SSSR count). The zero-order valence-electron chi connectivity index (χ0n) is 17.6. The molecule has 1 saturated heterocycles. The monoisotopic (exact) mass is 408 g/mol. The number of carbonyl (C=O) groups excluding carboxylic acids is 2. The summed E-state index contributed by atoms with van der Waals surface area (Å²) in [4.78, 5) is 28.7. The van der Waals surface area contributed by atoms with E-state index in [9.17, 15) is 9.59 Å². The first-order valence-electron chi connectivity index (χ1n) is 10.1. The molecule has 0 aliphatic carbocycles. The Morgan fingerprint density at radius 1 is 1.13 bits per heavy atom. The summed E-state index contributed by atoms with van der Waals surface area (Å²) in [6.07, 6.45) is 2.07. The number of aliphatic imine (C=N–C) groups is 1. The van der Waals surface area contributed by atoms with E-state index in [-0.39, 0.29) is 17.9 Å². The van der Waals surface area contributed by atoms with Gasteiger partial charge < -0.3 is 15.4 Å². The lowest BCUT2D eigenvalue weighted by Gasteiger charge is -2.16. The molecule has 7 heteroatoms. The molecular formula is C23H28N4O3. The van der Waals surface area contributed by atoms with Crippen molar-refractivity contribution in [3.63, 3.8) is 0 Å². The van der Waals surface area contributed by atoms with Gasteiger partial charge in [0.05, 0.1) is 12.6 Å². The van der Waals surface area contributed by atoms with Crippen LogP contribution in [0.3, 0.4) is 0 Å². The quantitative estimate of drug-likeness (QED) is 0.520. The second kappa shape index (κ2) is 10.0. The number of hydrogen-bond acceptors (Lipinski definition) is 4. The lowest BCUT2D eigenvalue weighted by molar-refractivity contribution is -0.114. The topological polar surface area (TPSA) is 91.8 Å². The SMILES string of the molecule is CC(=O)Nc1cccc(C(=O)NC(=NCC2CCCO2)Nc2cccc(C)c2C)c1. The summed E-state index contributed by atoms with van der Waals surface area (Å²) in [7, 11) is 0. The highest BCUT2D eigenvalue weighted by Crippen LogP contribution is 2.18. The van der Waals surface area contributed by atoms with Gasteiger partial charge in [0, 0.05) is 30.5 Å². The maximum absolute atomic E-state index is 12.9.